The van der Waals surface area contributed by atoms with Crippen molar-refractivity contribution in [2.75, 3.05) is 0 Å². The van der Waals surface area contributed by atoms with Gasteiger partial charge in [-0.1, -0.05) is 141 Å². The average Bonchev–Trinajstić information content (AvgIpc) is 3.66. The standard InChI is InChI=1S/C48H32N4/c1-48(2)39-21-11-7-19-37(39)44-40(48)26-25-36-35-18-10-14-24-43(35)52(46(36)44)33-28-31(34-17-8-12-22-41(34)49-3)27-32(29-33)47-50-42-23-13-9-20-38(42)45(51-47)30-15-5-4-6-16-30/h4-29H,1-2H3. The molecule has 0 radical (unpaired) electrons. The molecule has 244 valence electrons. The Balaban J connectivity index is 1.33. The highest BCUT2D eigenvalue weighted by Crippen LogP contribution is 2.53. The fraction of sp³-hybridized carbons (Fsp3) is 0.0625. The third-order valence-electron chi connectivity index (χ3n) is 10.8. The Morgan fingerprint density at radius 2 is 1.25 bits per heavy atom. The van der Waals surface area contributed by atoms with E-state index in [1.807, 2.05) is 54.6 Å². The van der Waals surface area contributed by atoms with Crippen molar-refractivity contribution in [3.63, 3.8) is 0 Å². The molecule has 4 heteroatoms. The quantitative estimate of drug-likeness (QED) is 0.176. The van der Waals surface area contributed by atoms with Crippen LogP contribution in [0.3, 0.4) is 0 Å². The molecule has 4 nitrogen and oxygen atoms in total. The molecule has 0 atom stereocenters. The second-order valence-electron chi connectivity index (χ2n) is 14.1. The van der Waals surface area contributed by atoms with E-state index in [4.69, 9.17) is 16.5 Å². The van der Waals surface area contributed by atoms with Crippen molar-refractivity contribution < 1.29 is 0 Å². The Kier molecular flexibility index (Phi) is 6.55. The van der Waals surface area contributed by atoms with Crippen LogP contribution in [0.5, 0.6) is 0 Å². The van der Waals surface area contributed by atoms with E-state index < -0.39 is 0 Å². The van der Waals surface area contributed by atoms with Gasteiger partial charge in [-0.15, -0.1) is 0 Å². The molecular weight excluding hydrogens is 633 g/mol. The molecule has 1 aliphatic carbocycles. The normalized spacial score (nSPS) is 12.9. The van der Waals surface area contributed by atoms with Crippen LogP contribution in [0.15, 0.2) is 158 Å². The Labute approximate surface area is 302 Å². The molecule has 0 unspecified atom stereocenters. The van der Waals surface area contributed by atoms with Gasteiger partial charge in [-0.2, -0.15) is 0 Å². The largest absolute Gasteiger partial charge is 0.309 e. The monoisotopic (exact) mass is 664 g/mol. The van der Waals surface area contributed by atoms with Crippen LogP contribution in [-0.2, 0) is 5.41 Å². The fourth-order valence-electron chi connectivity index (χ4n) is 8.37. The zero-order valence-electron chi connectivity index (χ0n) is 28.8. The molecule has 0 aliphatic heterocycles. The van der Waals surface area contributed by atoms with Crippen molar-refractivity contribution in [1.29, 1.82) is 0 Å². The smallest absolute Gasteiger partial charge is 0.194 e. The van der Waals surface area contributed by atoms with E-state index >= 15 is 0 Å². The van der Waals surface area contributed by atoms with Gasteiger partial charge >= 0.3 is 0 Å². The minimum Gasteiger partial charge on any atom is -0.309 e. The van der Waals surface area contributed by atoms with Gasteiger partial charge in [0, 0.05) is 44.0 Å². The lowest BCUT2D eigenvalue weighted by atomic mass is 9.82. The summed E-state index contributed by atoms with van der Waals surface area (Å²) in [7, 11) is 0. The summed E-state index contributed by atoms with van der Waals surface area (Å²) in [6, 6.07) is 55.1. The molecular formula is C48H32N4. The molecule has 52 heavy (non-hydrogen) atoms. The molecule has 0 bridgehead atoms. The minimum absolute atomic E-state index is 0.143. The van der Waals surface area contributed by atoms with Gasteiger partial charge in [0.05, 0.1) is 28.8 Å². The van der Waals surface area contributed by atoms with Crippen LogP contribution < -0.4 is 0 Å². The van der Waals surface area contributed by atoms with Gasteiger partial charge in [0.15, 0.2) is 11.5 Å². The van der Waals surface area contributed by atoms with Crippen molar-refractivity contribution in [3.05, 3.63) is 180 Å². The van der Waals surface area contributed by atoms with Crippen LogP contribution >= 0.6 is 0 Å². The third kappa shape index (κ3) is 4.39. The van der Waals surface area contributed by atoms with Crippen LogP contribution in [0.4, 0.5) is 5.69 Å². The molecule has 1 aliphatic rings. The van der Waals surface area contributed by atoms with Gasteiger partial charge in [-0.25, -0.2) is 14.8 Å². The molecule has 0 amide bonds. The lowest BCUT2D eigenvalue weighted by Gasteiger charge is -2.21. The summed E-state index contributed by atoms with van der Waals surface area (Å²) in [5.41, 5.74) is 14.5. The summed E-state index contributed by atoms with van der Waals surface area (Å²) < 4.78 is 2.42. The number of para-hydroxylation sites is 3. The lowest BCUT2D eigenvalue weighted by molar-refractivity contribution is 0.661. The van der Waals surface area contributed by atoms with Gasteiger partial charge in [-0.05, 0) is 58.1 Å². The van der Waals surface area contributed by atoms with E-state index in [2.05, 4.69) is 126 Å². The van der Waals surface area contributed by atoms with Gasteiger partial charge < -0.3 is 4.57 Å². The predicted octanol–water partition coefficient (Wildman–Crippen LogP) is 12.6. The number of rotatable bonds is 4. The SMILES string of the molecule is [C-]#[N+]c1ccccc1-c1cc(-c2nc(-c3ccccc3)c3ccccc3n2)cc(-n2c3ccccc3c3ccc4c(c32)-c2ccccc2C4(C)C)c1. The van der Waals surface area contributed by atoms with E-state index in [-0.39, 0.29) is 5.41 Å². The summed E-state index contributed by atoms with van der Waals surface area (Å²) in [5, 5.41) is 3.42. The molecule has 9 aromatic rings. The molecule has 0 N–H and O–H groups in total. The van der Waals surface area contributed by atoms with Gasteiger partial charge in [0.1, 0.15) is 0 Å². The zero-order chi connectivity index (χ0) is 35.0. The van der Waals surface area contributed by atoms with Crippen LogP contribution in [0.2, 0.25) is 0 Å². The molecule has 7 aromatic carbocycles. The van der Waals surface area contributed by atoms with Crippen molar-refractivity contribution in [3.8, 4) is 50.6 Å². The highest BCUT2D eigenvalue weighted by atomic mass is 15.0. The summed E-state index contributed by atoms with van der Waals surface area (Å²) >= 11 is 0. The number of aromatic nitrogens is 3. The first kappa shape index (κ1) is 30.0. The highest BCUT2D eigenvalue weighted by Gasteiger charge is 2.37. The van der Waals surface area contributed by atoms with Crippen molar-refractivity contribution in [2.24, 2.45) is 0 Å². The van der Waals surface area contributed by atoms with Crippen LogP contribution in [0.1, 0.15) is 25.0 Å². The maximum atomic E-state index is 8.06. The van der Waals surface area contributed by atoms with Gasteiger partial charge in [-0.3, -0.25) is 0 Å². The summed E-state index contributed by atoms with van der Waals surface area (Å²) in [6.45, 7) is 12.7. The Morgan fingerprint density at radius 1 is 0.558 bits per heavy atom. The van der Waals surface area contributed by atoms with Crippen LogP contribution in [0, 0.1) is 6.57 Å². The first-order chi connectivity index (χ1) is 25.5. The van der Waals surface area contributed by atoms with Crippen molar-refractivity contribution in [2.45, 2.75) is 19.3 Å². The maximum absolute atomic E-state index is 8.06. The topological polar surface area (TPSA) is 35.1 Å². The van der Waals surface area contributed by atoms with Crippen LogP contribution in [0.25, 0.3) is 88.1 Å². The second kappa shape index (κ2) is 11.3. The molecule has 0 fully saturated rings. The number of fused-ring (bicyclic) bond motifs is 8. The number of nitrogens with zero attached hydrogens (tertiary/aromatic N) is 4. The fourth-order valence-corrected chi connectivity index (χ4v) is 8.37. The number of benzene rings is 7. The Hall–Kier alpha value is -6.83. The summed E-state index contributed by atoms with van der Waals surface area (Å²) in [4.78, 5) is 14.4. The highest BCUT2D eigenvalue weighted by molar-refractivity contribution is 6.15. The van der Waals surface area contributed by atoms with Crippen LogP contribution in [-0.4, -0.2) is 14.5 Å². The molecule has 10 rings (SSSR count). The first-order valence-corrected chi connectivity index (χ1v) is 17.6. The lowest BCUT2D eigenvalue weighted by Crippen LogP contribution is -2.14. The Bertz CT molecular complexity index is 2940. The van der Waals surface area contributed by atoms with E-state index in [1.54, 1.807) is 0 Å². The number of hydrogen-bond acceptors (Lipinski definition) is 2. The van der Waals surface area contributed by atoms with Crippen molar-refractivity contribution in [1.82, 2.24) is 14.5 Å². The minimum atomic E-state index is -0.143. The predicted molar refractivity (Wildman–Crippen MR) is 214 cm³/mol. The zero-order valence-corrected chi connectivity index (χ0v) is 28.8. The maximum Gasteiger partial charge on any atom is 0.194 e. The average molecular weight is 665 g/mol. The van der Waals surface area contributed by atoms with Crippen molar-refractivity contribution >= 4 is 38.4 Å². The summed E-state index contributed by atoms with van der Waals surface area (Å²) in [5.74, 6) is 0.637. The number of hydrogen-bond donors (Lipinski definition) is 0. The molecule has 0 saturated carbocycles. The molecule has 0 saturated heterocycles. The van der Waals surface area contributed by atoms with E-state index in [1.165, 1.54) is 38.5 Å². The Morgan fingerprint density at radius 3 is 2.10 bits per heavy atom. The second-order valence-corrected chi connectivity index (χ2v) is 14.1. The van der Waals surface area contributed by atoms with E-state index in [0.29, 0.717) is 11.5 Å². The molecule has 0 spiro atoms. The van der Waals surface area contributed by atoms with E-state index in [9.17, 15) is 0 Å². The molecule has 2 aromatic heterocycles. The first-order valence-electron chi connectivity index (χ1n) is 17.6. The third-order valence-corrected chi connectivity index (χ3v) is 10.8. The van der Waals surface area contributed by atoms with Gasteiger partial charge in [0.2, 0.25) is 0 Å². The van der Waals surface area contributed by atoms with Gasteiger partial charge in [0.25, 0.3) is 0 Å². The summed E-state index contributed by atoms with van der Waals surface area (Å²) in [6.07, 6.45) is 0. The van der Waals surface area contributed by atoms with E-state index in [0.717, 1.165) is 50.1 Å². The molecule has 2 heterocycles.